The molecule has 0 amide bonds. The lowest BCUT2D eigenvalue weighted by molar-refractivity contribution is -0.384. The van der Waals surface area contributed by atoms with Gasteiger partial charge in [0.15, 0.2) is 5.65 Å². The average Bonchev–Trinajstić information content (AvgIpc) is 3.34. The van der Waals surface area contributed by atoms with E-state index >= 15 is 0 Å². The minimum Gasteiger partial charge on any atom is -0.438 e. The van der Waals surface area contributed by atoms with E-state index in [-0.39, 0.29) is 29.3 Å². The van der Waals surface area contributed by atoms with E-state index < -0.39 is 4.92 Å². The third-order valence-electron chi connectivity index (χ3n) is 7.32. The zero-order valence-electron chi connectivity index (χ0n) is 25.4. The second-order valence-electron chi connectivity index (χ2n) is 12.1. The molecule has 3 heterocycles. The van der Waals surface area contributed by atoms with Crippen molar-refractivity contribution in [3.05, 3.63) is 70.4 Å². The van der Waals surface area contributed by atoms with Gasteiger partial charge in [0.2, 0.25) is 11.2 Å². The fraction of sp³-hybridized carbons (Fsp3) is 0.485. The first-order valence-corrected chi connectivity index (χ1v) is 15.6. The molecule has 3 aromatic heterocycles. The first-order chi connectivity index (χ1) is 20.7. The Balaban J connectivity index is 1.34. The molecule has 4 rings (SSSR count). The van der Waals surface area contributed by atoms with E-state index in [4.69, 9.17) is 21.1 Å². The van der Waals surface area contributed by atoms with Gasteiger partial charge in [-0.15, -0.1) is 0 Å². The highest BCUT2D eigenvalue weighted by Crippen LogP contribution is 2.38. The summed E-state index contributed by atoms with van der Waals surface area (Å²) >= 11 is 6.32. The molecule has 4 aromatic rings. The lowest BCUT2D eigenvalue weighted by Crippen LogP contribution is -2.04. The van der Waals surface area contributed by atoms with E-state index in [1.54, 1.807) is 24.5 Å². The summed E-state index contributed by atoms with van der Waals surface area (Å²) in [6.45, 7) is 7.88. The van der Waals surface area contributed by atoms with E-state index in [9.17, 15) is 10.1 Å². The number of nitro groups is 1. The van der Waals surface area contributed by atoms with Gasteiger partial charge in [0.1, 0.15) is 12.5 Å². The fourth-order valence-corrected chi connectivity index (χ4v) is 5.23. The summed E-state index contributed by atoms with van der Waals surface area (Å²) in [4.78, 5) is 23.9. The molecule has 0 saturated carbocycles. The average molecular weight is 608 g/mol. The monoisotopic (exact) mass is 607 g/mol. The second kappa shape index (κ2) is 15.8. The Kier molecular flexibility index (Phi) is 11.9. The quantitative estimate of drug-likeness (QED) is 0.0509. The first kappa shape index (κ1) is 32.4. The predicted octanol–water partition coefficient (Wildman–Crippen LogP) is 9.77. The van der Waals surface area contributed by atoms with Crippen LogP contribution in [0.5, 0.6) is 11.6 Å². The number of pyridine rings is 1. The molecule has 0 bridgehead atoms. The number of hydrogen-bond acceptors (Lipinski definition) is 7. The van der Waals surface area contributed by atoms with E-state index in [1.807, 2.05) is 22.9 Å². The highest BCUT2D eigenvalue weighted by Gasteiger charge is 2.20. The van der Waals surface area contributed by atoms with Gasteiger partial charge >= 0.3 is 0 Å². The van der Waals surface area contributed by atoms with Gasteiger partial charge in [-0.2, -0.15) is 9.97 Å². The largest absolute Gasteiger partial charge is 0.438 e. The van der Waals surface area contributed by atoms with Crippen molar-refractivity contribution in [3.8, 4) is 22.8 Å². The van der Waals surface area contributed by atoms with E-state index in [0.717, 1.165) is 24.0 Å². The Bertz CT molecular complexity index is 1470. The van der Waals surface area contributed by atoms with Gasteiger partial charge in [-0.1, -0.05) is 84.3 Å². The molecule has 0 saturated heterocycles. The number of fused-ring (bicyclic) bond motifs is 1. The maximum absolute atomic E-state index is 11.3. The molecule has 0 aliphatic carbocycles. The zero-order valence-corrected chi connectivity index (χ0v) is 26.2. The summed E-state index contributed by atoms with van der Waals surface area (Å²) in [6.07, 6.45) is 18.0. The molecular formula is C33H42ClN5O4. The summed E-state index contributed by atoms with van der Waals surface area (Å²) in [6, 6.07) is 9.72. The second-order valence-corrected chi connectivity index (χ2v) is 12.5. The van der Waals surface area contributed by atoms with Crippen LogP contribution in [0.3, 0.4) is 0 Å². The van der Waals surface area contributed by atoms with Crippen LogP contribution in [0.25, 0.3) is 22.2 Å². The number of unbranched alkanes of at least 4 members (excludes halogenated alkanes) is 8. The third-order valence-corrected chi connectivity index (χ3v) is 7.49. The van der Waals surface area contributed by atoms with Gasteiger partial charge in [-0.05, 0) is 42.0 Å². The van der Waals surface area contributed by atoms with Crippen molar-refractivity contribution >= 4 is 28.3 Å². The standard InChI is InChI=1S/C33H42ClN5O4/c1-33(2,3)18-11-9-7-5-4-6-8-10-12-20-42-24-38-23-28(25-15-14-19-35-22-25)29-30(38)36-32(34)37-31(29)43-27-17-13-16-26(21-27)39(40)41/h13-17,19,21-23H,4-12,18,20,24H2,1-3H3. The molecule has 0 radical (unpaired) electrons. The van der Waals surface area contributed by atoms with Crippen LogP contribution in [0, 0.1) is 15.5 Å². The molecule has 0 unspecified atom stereocenters. The van der Waals surface area contributed by atoms with Gasteiger partial charge in [-0.3, -0.25) is 15.1 Å². The molecule has 43 heavy (non-hydrogen) atoms. The van der Waals surface area contributed by atoms with E-state index in [2.05, 4.69) is 35.7 Å². The Labute approximate surface area is 258 Å². The van der Waals surface area contributed by atoms with E-state index in [0.29, 0.717) is 23.1 Å². The van der Waals surface area contributed by atoms with Gasteiger partial charge in [0.25, 0.3) is 5.69 Å². The fourth-order valence-electron chi connectivity index (χ4n) is 5.07. The number of aromatic nitrogens is 4. The normalized spacial score (nSPS) is 11.7. The molecule has 0 atom stereocenters. The van der Waals surface area contributed by atoms with Crippen molar-refractivity contribution < 1.29 is 14.4 Å². The number of nitrogens with zero attached hydrogens (tertiary/aromatic N) is 5. The van der Waals surface area contributed by atoms with Crippen LogP contribution in [-0.2, 0) is 11.5 Å². The molecule has 0 fully saturated rings. The van der Waals surface area contributed by atoms with Crippen LogP contribution in [0.4, 0.5) is 5.69 Å². The van der Waals surface area contributed by atoms with Crippen LogP contribution in [0.1, 0.15) is 85.0 Å². The number of ether oxygens (including phenoxy) is 2. The molecule has 0 aliphatic rings. The summed E-state index contributed by atoms with van der Waals surface area (Å²) in [5.41, 5.74) is 2.55. The van der Waals surface area contributed by atoms with Gasteiger partial charge in [-0.25, -0.2) is 0 Å². The van der Waals surface area contributed by atoms with Crippen LogP contribution in [0.15, 0.2) is 55.0 Å². The van der Waals surface area contributed by atoms with Crippen LogP contribution in [-0.4, -0.2) is 31.0 Å². The van der Waals surface area contributed by atoms with Crippen molar-refractivity contribution in [2.45, 2.75) is 91.7 Å². The Morgan fingerprint density at radius 1 is 0.953 bits per heavy atom. The highest BCUT2D eigenvalue weighted by atomic mass is 35.5. The maximum Gasteiger partial charge on any atom is 0.273 e. The van der Waals surface area contributed by atoms with Crippen molar-refractivity contribution in [3.63, 3.8) is 0 Å². The number of hydrogen-bond donors (Lipinski definition) is 0. The minimum absolute atomic E-state index is 0.000722. The lowest BCUT2D eigenvalue weighted by Gasteiger charge is -2.17. The minimum atomic E-state index is -0.472. The van der Waals surface area contributed by atoms with Crippen molar-refractivity contribution in [2.24, 2.45) is 5.41 Å². The Morgan fingerprint density at radius 3 is 2.35 bits per heavy atom. The lowest BCUT2D eigenvalue weighted by atomic mass is 9.89. The summed E-state index contributed by atoms with van der Waals surface area (Å²) in [5.74, 6) is 0.467. The van der Waals surface area contributed by atoms with Gasteiger partial charge < -0.3 is 14.0 Å². The molecular weight excluding hydrogens is 566 g/mol. The molecule has 9 nitrogen and oxygen atoms in total. The summed E-state index contributed by atoms with van der Waals surface area (Å²) in [5, 5.41) is 11.9. The molecule has 0 aliphatic heterocycles. The predicted molar refractivity (Wildman–Crippen MR) is 171 cm³/mol. The highest BCUT2D eigenvalue weighted by molar-refractivity contribution is 6.28. The summed E-state index contributed by atoms with van der Waals surface area (Å²) < 4.78 is 14.0. The molecule has 0 N–H and O–H groups in total. The van der Waals surface area contributed by atoms with Crippen molar-refractivity contribution in [2.75, 3.05) is 6.61 Å². The number of nitro benzene ring substituents is 1. The third kappa shape index (κ3) is 10.0. The Morgan fingerprint density at radius 2 is 1.67 bits per heavy atom. The van der Waals surface area contributed by atoms with E-state index in [1.165, 1.54) is 63.5 Å². The van der Waals surface area contributed by atoms with Crippen LogP contribution in [0.2, 0.25) is 5.28 Å². The number of halogens is 1. The number of non-ortho nitro benzene ring substituents is 1. The smallest absolute Gasteiger partial charge is 0.273 e. The summed E-state index contributed by atoms with van der Waals surface area (Å²) in [7, 11) is 0. The molecule has 0 spiro atoms. The molecule has 230 valence electrons. The van der Waals surface area contributed by atoms with Crippen molar-refractivity contribution in [1.82, 2.24) is 19.5 Å². The number of rotatable bonds is 17. The molecule has 1 aromatic carbocycles. The van der Waals surface area contributed by atoms with Gasteiger partial charge in [0, 0.05) is 42.4 Å². The number of benzene rings is 1. The van der Waals surface area contributed by atoms with Crippen molar-refractivity contribution in [1.29, 1.82) is 0 Å². The molecule has 10 heteroatoms. The van der Waals surface area contributed by atoms with Gasteiger partial charge in [0.05, 0.1) is 16.4 Å². The first-order valence-electron chi connectivity index (χ1n) is 15.2. The maximum atomic E-state index is 11.3. The Hall–Kier alpha value is -3.56. The zero-order chi connectivity index (χ0) is 30.7. The van der Waals surface area contributed by atoms with Crippen LogP contribution >= 0.6 is 11.6 Å². The topological polar surface area (TPSA) is 105 Å². The van der Waals surface area contributed by atoms with Crippen LogP contribution < -0.4 is 4.74 Å². The SMILES string of the molecule is CC(C)(C)CCCCCCCCCCCOCn1cc(-c2cccnc2)c2c(Oc3cccc([N+](=O)[O-])c3)nc(Cl)nc21.